The number of hydrogen-bond acceptors (Lipinski definition) is 4. The number of nitrogens with zero attached hydrogens (tertiary/aromatic N) is 1. The van der Waals surface area contributed by atoms with E-state index in [0.717, 1.165) is 6.07 Å². The normalized spacial score (nSPS) is 9.94. The fourth-order valence-electron chi connectivity index (χ4n) is 1.31. The van der Waals surface area contributed by atoms with Crippen LogP contribution in [-0.2, 0) is 16.0 Å². The van der Waals surface area contributed by atoms with Crippen molar-refractivity contribution in [3.8, 4) is 0 Å². The van der Waals surface area contributed by atoms with E-state index in [-0.39, 0.29) is 12.0 Å². The van der Waals surface area contributed by atoms with Gasteiger partial charge in [-0.15, -0.1) is 0 Å². The number of carbonyl (C=O) groups excluding carboxylic acids is 1. The van der Waals surface area contributed by atoms with Crippen molar-refractivity contribution in [1.82, 2.24) is 0 Å². The average Bonchev–Trinajstić information content (AvgIpc) is 2.22. The Labute approximate surface area is 91.0 Å². The molecule has 1 aromatic carbocycles. The number of nitro groups is 1. The van der Waals surface area contributed by atoms with E-state index in [2.05, 4.69) is 4.74 Å². The van der Waals surface area contributed by atoms with Gasteiger partial charge in [-0.1, -0.05) is 6.07 Å². The lowest BCUT2D eigenvalue weighted by atomic mass is 10.1. The molecule has 0 N–H and O–H groups in total. The quantitative estimate of drug-likeness (QED) is 0.448. The van der Waals surface area contributed by atoms with E-state index in [1.807, 2.05) is 0 Å². The van der Waals surface area contributed by atoms with Crippen LogP contribution in [0.4, 0.5) is 10.1 Å². The average molecular weight is 227 g/mol. The Balaban J connectivity index is 3.19. The minimum absolute atomic E-state index is 0.0291. The lowest BCUT2D eigenvalue weighted by Gasteiger charge is -2.04. The number of aryl methyl sites for hydroxylation is 1. The number of ether oxygens (including phenoxy) is 1. The molecule has 0 aliphatic rings. The van der Waals surface area contributed by atoms with E-state index in [0.29, 0.717) is 5.56 Å². The van der Waals surface area contributed by atoms with E-state index < -0.39 is 22.4 Å². The molecule has 6 heteroatoms. The van der Waals surface area contributed by atoms with Crippen LogP contribution in [0, 0.1) is 22.9 Å². The minimum Gasteiger partial charge on any atom is -0.469 e. The van der Waals surface area contributed by atoms with Crippen molar-refractivity contribution in [3.63, 3.8) is 0 Å². The fourth-order valence-corrected chi connectivity index (χ4v) is 1.31. The standard InChI is InChI=1S/C10H10FNO4/c1-6-3-7(5-9(13)16-2)10(11)8(4-6)12(14)15/h3-4H,5H2,1-2H3. The van der Waals surface area contributed by atoms with E-state index >= 15 is 0 Å². The zero-order chi connectivity index (χ0) is 12.3. The number of halogens is 1. The summed E-state index contributed by atoms with van der Waals surface area (Å²) in [5.41, 5.74) is -0.135. The Bertz CT molecular complexity index is 445. The van der Waals surface area contributed by atoms with Gasteiger partial charge >= 0.3 is 11.7 Å². The molecular formula is C10H10FNO4. The van der Waals surface area contributed by atoms with Crippen LogP contribution in [0.3, 0.4) is 0 Å². The Morgan fingerprint density at radius 2 is 2.19 bits per heavy atom. The number of nitro benzene ring substituents is 1. The Hall–Kier alpha value is -1.98. The van der Waals surface area contributed by atoms with Gasteiger partial charge in [-0.05, 0) is 12.5 Å². The third kappa shape index (κ3) is 2.53. The summed E-state index contributed by atoms with van der Waals surface area (Å²) in [5.74, 6) is -1.63. The van der Waals surface area contributed by atoms with Gasteiger partial charge < -0.3 is 4.74 Å². The maximum atomic E-state index is 13.6. The summed E-state index contributed by atoms with van der Waals surface area (Å²) >= 11 is 0. The minimum atomic E-state index is -0.985. The molecule has 5 nitrogen and oxygen atoms in total. The third-order valence-corrected chi connectivity index (χ3v) is 2.03. The van der Waals surface area contributed by atoms with Crippen LogP contribution in [0.2, 0.25) is 0 Å². The molecule has 0 fully saturated rings. The lowest BCUT2D eigenvalue weighted by Crippen LogP contribution is -2.08. The highest BCUT2D eigenvalue weighted by atomic mass is 19.1. The second kappa shape index (κ2) is 4.69. The van der Waals surface area contributed by atoms with Gasteiger partial charge in [0.25, 0.3) is 0 Å². The number of rotatable bonds is 3. The summed E-state index contributed by atoms with van der Waals surface area (Å²) in [6.45, 7) is 1.59. The van der Waals surface area contributed by atoms with Gasteiger partial charge in [0, 0.05) is 11.6 Å². The number of carbonyl (C=O) groups is 1. The van der Waals surface area contributed by atoms with E-state index in [1.165, 1.54) is 13.2 Å². The second-order valence-electron chi connectivity index (χ2n) is 3.27. The largest absolute Gasteiger partial charge is 0.469 e. The predicted octanol–water partition coefficient (Wildman–Crippen LogP) is 1.76. The molecule has 16 heavy (non-hydrogen) atoms. The van der Waals surface area contributed by atoms with Crippen LogP contribution in [0.1, 0.15) is 11.1 Å². The van der Waals surface area contributed by atoms with Crippen LogP contribution >= 0.6 is 0 Å². The molecule has 0 heterocycles. The second-order valence-corrected chi connectivity index (χ2v) is 3.27. The van der Waals surface area contributed by atoms with Gasteiger partial charge in [0.05, 0.1) is 18.5 Å². The van der Waals surface area contributed by atoms with Gasteiger partial charge in [-0.2, -0.15) is 4.39 Å². The van der Waals surface area contributed by atoms with Gasteiger partial charge in [-0.25, -0.2) is 0 Å². The van der Waals surface area contributed by atoms with E-state index in [9.17, 15) is 19.3 Å². The summed E-state index contributed by atoms with van der Waals surface area (Å²) in [6, 6.07) is 2.51. The summed E-state index contributed by atoms with van der Waals surface area (Å²) < 4.78 is 17.9. The molecule has 0 saturated heterocycles. The fraction of sp³-hybridized carbons (Fsp3) is 0.300. The first-order valence-corrected chi connectivity index (χ1v) is 4.46. The number of esters is 1. The van der Waals surface area contributed by atoms with Gasteiger partial charge in [0.1, 0.15) is 0 Å². The Morgan fingerprint density at radius 3 is 2.69 bits per heavy atom. The van der Waals surface area contributed by atoms with Crippen molar-refractivity contribution in [2.24, 2.45) is 0 Å². The van der Waals surface area contributed by atoms with Crippen molar-refractivity contribution < 1.29 is 18.8 Å². The van der Waals surface area contributed by atoms with Crippen molar-refractivity contribution in [3.05, 3.63) is 39.2 Å². The first-order chi connectivity index (χ1) is 7.45. The van der Waals surface area contributed by atoms with E-state index in [4.69, 9.17) is 0 Å². The molecule has 0 amide bonds. The number of hydrogen-bond donors (Lipinski definition) is 0. The molecule has 0 aromatic heterocycles. The molecule has 86 valence electrons. The van der Waals surface area contributed by atoms with Crippen molar-refractivity contribution in [2.45, 2.75) is 13.3 Å². The van der Waals surface area contributed by atoms with Crippen molar-refractivity contribution in [1.29, 1.82) is 0 Å². The van der Waals surface area contributed by atoms with Crippen LogP contribution in [0.5, 0.6) is 0 Å². The smallest absolute Gasteiger partial charge is 0.310 e. The third-order valence-electron chi connectivity index (χ3n) is 2.03. The molecule has 0 aliphatic carbocycles. The topological polar surface area (TPSA) is 69.4 Å². The predicted molar refractivity (Wildman–Crippen MR) is 53.5 cm³/mol. The molecule has 0 aliphatic heterocycles. The summed E-state index contributed by atoms with van der Waals surface area (Å²) in [6.07, 6.45) is -0.315. The summed E-state index contributed by atoms with van der Waals surface area (Å²) in [4.78, 5) is 20.7. The first kappa shape index (κ1) is 12.1. The highest BCUT2D eigenvalue weighted by Crippen LogP contribution is 2.23. The molecular weight excluding hydrogens is 217 g/mol. The van der Waals surface area contributed by atoms with Crippen molar-refractivity contribution in [2.75, 3.05) is 7.11 Å². The van der Waals surface area contributed by atoms with Gasteiger partial charge in [0.2, 0.25) is 5.82 Å². The molecule has 0 spiro atoms. The molecule has 0 radical (unpaired) electrons. The number of benzene rings is 1. The van der Waals surface area contributed by atoms with Crippen LogP contribution in [0.15, 0.2) is 12.1 Å². The van der Waals surface area contributed by atoms with Crippen LogP contribution in [0.25, 0.3) is 0 Å². The van der Waals surface area contributed by atoms with Crippen LogP contribution < -0.4 is 0 Å². The zero-order valence-electron chi connectivity index (χ0n) is 8.82. The SMILES string of the molecule is COC(=O)Cc1cc(C)cc([N+](=O)[O-])c1F. The monoisotopic (exact) mass is 227 g/mol. The molecule has 1 aromatic rings. The summed E-state index contributed by atoms with van der Waals surface area (Å²) in [7, 11) is 1.17. The highest BCUT2D eigenvalue weighted by molar-refractivity contribution is 5.73. The Kier molecular flexibility index (Phi) is 3.55. The molecule has 0 atom stereocenters. The van der Waals surface area contributed by atoms with Gasteiger partial charge in [0.15, 0.2) is 0 Å². The van der Waals surface area contributed by atoms with Gasteiger partial charge in [-0.3, -0.25) is 14.9 Å². The lowest BCUT2D eigenvalue weighted by molar-refractivity contribution is -0.387. The Morgan fingerprint density at radius 1 is 1.56 bits per heavy atom. The van der Waals surface area contributed by atoms with Crippen LogP contribution in [-0.4, -0.2) is 18.0 Å². The molecule has 0 bridgehead atoms. The zero-order valence-corrected chi connectivity index (χ0v) is 8.82. The molecule has 1 rings (SSSR count). The highest BCUT2D eigenvalue weighted by Gasteiger charge is 2.20. The molecule has 0 unspecified atom stereocenters. The number of methoxy groups -OCH3 is 1. The van der Waals surface area contributed by atoms with E-state index in [1.54, 1.807) is 6.92 Å². The maximum Gasteiger partial charge on any atom is 0.310 e. The maximum absolute atomic E-state index is 13.6. The first-order valence-electron chi connectivity index (χ1n) is 4.46. The molecule has 0 saturated carbocycles. The summed E-state index contributed by atoms with van der Waals surface area (Å²) in [5, 5.41) is 10.5. The van der Waals surface area contributed by atoms with Crippen molar-refractivity contribution >= 4 is 11.7 Å².